The molecule has 4 N–H and O–H groups in total. The molecule has 0 fully saturated rings. The molecular weight excluding hydrogens is 314 g/mol. The summed E-state index contributed by atoms with van der Waals surface area (Å²) in [6.45, 7) is 3.59. The Labute approximate surface area is 128 Å². The van der Waals surface area contributed by atoms with Gasteiger partial charge in [0.1, 0.15) is 6.04 Å². The van der Waals surface area contributed by atoms with Crippen LogP contribution in [0, 0.1) is 5.92 Å². The van der Waals surface area contributed by atoms with Gasteiger partial charge in [-0.1, -0.05) is 19.9 Å². The molecule has 1 rings (SSSR count). The minimum absolute atomic E-state index is 0. The molecular formula is C13H19CuNO5. The van der Waals surface area contributed by atoms with Crippen LogP contribution in [0.25, 0.3) is 0 Å². The fourth-order valence-corrected chi connectivity index (χ4v) is 1.54. The van der Waals surface area contributed by atoms with Crippen LogP contribution >= 0.6 is 0 Å². The van der Waals surface area contributed by atoms with Crippen molar-refractivity contribution in [3.63, 3.8) is 0 Å². The van der Waals surface area contributed by atoms with Crippen LogP contribution < -0.4 is 5.32 Å². The minimum Gasteiger partial charge on any atom is -0.493 e. The molecule has 1 unspecified atom stereocenters. The summed E-state index contributed by atoms with van der Waals surface area (Å²) >= 11 is 0. The maximum Gasteiger partial charge on any atom is 0.326 e. The summed E-state index contributed by atoms with van der Waals surface area (Å²) in [6.07, 6.45) is 6.27. The number of hydrogen-bond donors (Lipinski definition) is 2. The number of ketones is 1. The number of carboxylic acids is 1. The Hall–Kier alpha value is -1.56. The Morgan fingerprint density at radius 1 is 1.45 bits per heavy atom. The van der Waals surface area contributed by atoms with Crippen molar-refractivity contribution in [3.8, 4) is 0 Å². The number of hydrogen-bond acceptors (Lipinski definition) is 4. The molecule has 0 aliphatic heterocycles. The van der Waals surface area contributed by atoms with E-state index in [2.05, 4.69) is 5.32 Å². The summed E-state index contributed by atoms with van der Waals surface area (Å²) in [6, 6.07) is -0.726. The fourth-order valence-electron chi connectivity index (χ4n) is 1.54. The van der Waals surface area contributed by atoms with Crippen molar-refractivity contribution in [2.45, 2.75) is 19.9 Å². The maximum absolute atomic E-state index is 11.8. The van der Waals surface area contributed by atoms with E-state index in [1.54, 1.807) is 32.1 Å². The van der Waals surface area contributed by atoms with Crippen molar-refractivity contribution in [2.75, 3.05) is 7.11 Å². The number of carboxylic acid groups (broad SMARTS) is 1. The van der Waals surface area contributed by atoms with Crippen molar-refractivity contribution >= 4 is 11.8 Å². The Morgan fingerprint density at radius 3 is 2.50 bits per heavy atom. The van der Waals surface area contributed by atoms with Crippen LogP contribution in [-0.2, 0) is 31.4 Å². The Morgan fingerprint density at radius 2 is 2.05 bits per heavy atom. The first-order chi connectivity index (χ1) is 8.47. The topological polar surface area (TPSA) is 107 Å². The van der Waals surface area contributed by atoms with Gasteiger partial charge in [-0.15, -0.1) is 0 Å². The third-order valence-corrected chi connectivity index (χ3v) is 2.58. The van der Waals surface area contributed by atoms with Crippen molar-refractivity contribution in [1.29, 1.82) is 0 Å². The van der Waals surface area contributed by atoms with E-state index in [0.717, 1.165) is 0 Å². The average molecular weight is 333 g/mol. The molecule has 0 aromatic heterocycles. The Bertz CT molecular complexity index is 440. The van der Waals surface area contributed by atoms with Gasteiger partial charge in [-0.2, -0.15) is 0 Å². The van der Waals surface area contributed by atoms with E-state index in [4.69, 9.17) is 9.84 Å². The number of Topliss-reactive ketones (excluding diaryl/α,β-unsaturated/α-hetero) is 1. The second kappa shape index (κ2) is 9.36. The van der Waals surface area contributed by atoms with E-state index < -0.39 is 12.0 Å². The van der Waals surface area contributed by atoms with Gasteiger partial charge < -0.3 is 20.6 Å². The van der Waals surface area contributed by atoms with Gasteiger partial charge in [0.15, 0.2) is 5.76 Å². The number of methoxy groups -OCH3 is 1. The predicted molar refractivity (Wildman–Crippen MR) is 70.3 cm³/mol. The normalized spacial score (nSPS) is 16.9. The third-order valence-electron chi connectivity index (χ3n) is 2.58. The van der Waals surface area contributed by atoms with Crippen LogP contribution in [0.5, 0.6) is 0 Å². The SMILES string of the molecule is COC1=CC=CC(=CNC(C(=O)O)C(C)C)C1=O.O.[Cu]. The van der Waals surface area contributed by atoms with Gasteiger partial charge in [0.25, 0.3) is 0 Å². The average Bonchev–Trinajstić information content (AvgIpc) is 2.30. The zero-order chi connectivity index (χ0) is 13.7. The minimum atomic E-state index is -0.948. The standard InChI is InChI=1S/C13H17NO4.Cu.H2O/c1-8(2)11(13(16)17)14-7-9-5-4-6-10(18-3)12(9)15;;/h4-8,11,14H,1-3H3,(H,16,17);;1H2. The van der Waals surface area contributed by atoms with Crippen LogP contribution in [-0.4, -0.2) is 35.5 Å². The Kier molecular flexibility index (Phi) is 9.71. The molecule has 0 heterocycles. The number of allylic oxidation sites excluding steroid dienone is 4. The van der Waals surface area contributed by atoms with E-state index >= 15 is 0 Å². The van der Waals surface area contributed by atoms with E-state index in [1.807, 2.05) is 0 Å². The van der Waals surface area contributed by atoms with Crippen molar-refractivity contribution in [3.05, 3.63) is 35.8 Å². The van der Waals surface area contributed by atoms with E-state index in [9.17, 15) is 9.59 Å². The maximum atomic E-state index is 11.8. The molecule has 1 radical (unpaired) electrons. The molecule has 1 atom stereocenters. The molecule has 0 aromatic carbocycles. The van der Waals surface area contributed by atoms with Crippen LogP contribution in [0.15, 0.2) is 35.8 Å². The molecule has 117 valence electrons. The van der Waals surface area contributed by atoms with Crippen LogP contribution in [0.1, 0.15) is 13.8 Å². The number of ether oxygens (including phenoxy) is 1. The van der Waals surface area contributed by atoms with Crippen molar-refractivity contribution in [1.82, 2.24) is 5.32 Å². The molecule has 0 spiro atoms. The largest absolute Gasteiger partial charge is 0.493 e. The molecule has 0 aromatic rings. The summed E-state index contributed by atoms with van der Waals surface area (Å²) in [5.74, 6) is -1.06. The first-order valence-electron chi connectivity index (χ1n) is 5.63. The number of carbonyl (C=O) groups excluding carboxylic acids is 1. The van der Waals surface area contributed by atoms with Crippen LogP contribution in [0.2, 0.25) is 0 Å². The molecule has 0 saturated heterocycles. The van der Waals surface area contributed by atoms with E-state index in [-0.39, 0.29) is 40.0 Å². The number of carbonyl (C=O) groups is 2. The molecule has 0 saturated carbocycles. The van der Waals surface area contributed by atoms with Crippen molar-refractivity contribution in [2.24, 2.45) is 5.92 Å². The van der Waals surface area contributed by atoms with Gasteiger partial charge >= 0.3 is 5.97 Å². The van der Waals surface area contributed by atoms with Crippen molar-refractivity contribution < 1.29 is 42.0 Å². The molecule has 0 amide bonds. The number of aliphatic carboxylic acids is 1. The summed E-state index contributed by atoms with van der Waals surface area (Å²) in [7, 11) is 1.42. The van der Waals surface area contributed by atoms with Gasteiger partial charge in [0, 0.05) is 28.8 Å². The van der Waals surface area contributed by atoms with Gasteiger partial charge in [0.05, 0.1) is 7.11 Å². The number of nitrogens with one attached hydrogen (secondary N) is 1. The van der Waals surface area contributed by atoms with Crippen LogP contribution in [0.3, 0.4) is 0 Å². The number of rotatable bonds is 5. The van der Waals surface area contributed by atoms with E-state index in [1.165, 1.54) is 13.3 Å². The summed E-state index contributed by atoms with van der Waals surface area (Å²) in [4.78, 5) is 22.8. The van der Waals surface area contributed by atoms with Gasteiger partial charge in [-0.05, 0) is 18.1 Å². The third kappa shape index (κ3) is 5.20. The summed E-state index contributed by atoms with van der Waals surface area (Å²) in [5.41, 5.74) is 0.376. The quantitative estimate of drug-likeness (QED) is 0.560. The molecule has 1 aliphatic rings. The van der Waals surface area contributed by atoms with Gasteiger partial charge in [-0.3, -0.25) is 4.79 Å². The zero-order valence-electron chi connectivity index (χ0n) is 11.4. The first kappa shape index (κ1) is 20.8. The zero-order valence-corrected chi connectivity index (χ0v) is 12.4. The smallest absolute Gasteiger partial charge is 0.326 e. The summed E-state index contributed by atoms with van der Waals surface area (Å²) in [5, 5.41) is 11.8. The Balaban J connectivity index is 0. The fraction of sp³-hybridized carbons (Fsp3) is 0.385. The predicted octanol–water partition coefficient (Wildman–Crippen LogP) is 0.411. The van der Waals surface area contributed by atoms with Gasteiger partial charge in [-0.25, -0.2) is 4.79 Å². The molecule has 20 heavy (non-hydrogen) atoms. The second-order valence-corrected chi connectivity index (χ2v) is 4.25. The second-order valence-electron chi connectivity index (χ2n) is 4.25. The molecule has 1 aliphatic carbocycles. The first-order valence-corrected chi connectivity index (χ1v) is 5.63. The summed E-state index contributed by atoms with van der Waals surface area (Å²) < 4.78 is 4.91. The van der Waals surface area contributed by atoms with Crippen LogP contribution in [0.4, 0.5) is 0 Å². The molecule has 7 heteroatoms. The molecule has 6 nitrogen and oxygen atoms in total. The van der Waals surface area contributed by atoms with E-state index in [0.29, 0.717) is 5.57 Å². The molecule has 0 bridgehead atoms. The monoisotopic (exact) mass is 332 g/mol. The van der Waals surface area contributed by atoms with Gasteiger partial charge in [0.2, 0.25) is 5.78 Å².